The van der Waals surface area contributed by atoms with Gasteiger partial charge in [0.1, 0.15) is 0 Å². The summed E-state index contributed by atoms with van der Waals surface area (Å²) in [6.45, 7) is 7.68. The molecule has 24 heavy (non-hydrogen) atoms. The quantitative estimate of drug-likeness (QED) is 0.875. The van der Waals surface area contributed by atoms with Crippen molar-refractivity contribution in [1.29, 1.82) is 0 Å². The van der Waals surface area contributed by atoms with E-state index >= 15 is 0 Å². The van der Waals surface area contributed by atoms with Crippen LogP contribution < -0.4 is 0 Å². The zero-order valence-corrected chi connectivity index (χ0v) is 15.2. The maximum absolute atomic E-state index is 12.2. The normalized spacial score (nSPS) is 27.1. The smallest absolute Gasteiger partial charge is 0.412 e. The molecule has 1 fully saturated rings. The van der Waals surface area contributed by atoms with Crippen molar-refractivity contribution in [1.82, 2.24) is 9.88 Å². The molecule has 1 aromatic carbocycles. The molecular formula is C18H23ClN2O3. The summed E-state index contributed by atoms with van der Waals surface area (Å²) in [6.07, 6.45) is 0.682. The van der Waals surface area contributed by atoms with Crippen LogP contribution in [0.3, 0.4) is 0 Å². The van der Waals surface area contributed by atoms with E-state index in [0.717, 1.165) is 22.2 Å². The van der Waals surface area contributed by atoms with Gasteiger partial charge >= 0.3 is 6.09 Å². The topological polar surface area (TPSA) is 65.6 Å². The van der Waals surface area contributed by atoms with Gasteiger partial charge in [0.05, 0.1) is 0 Å². The van der Waals surface area contributed by atoms with Crippen LogP contribution in [-0.4, -0.2) is 39.0 Å². The van der Waals surface area contributed by atoms with E-state index in [9.17, 15) is 9.90 Å². The molecule has 6 heteroatoms. The first-order valence-corrected chi connectivity index (χ1v) is 8.57. The van der Waals surface area contributed by atoms with E-state index in [-0.39, 0.29) is 0 Å². The molecule has 0 aliphatic carbocycles. The maximum Gasteiger partial charge on any atom is 0.412 e. The van der Waals surface area contributed by atoms with Gasteiger partial charge in [-0.2, -0.15) is 0 Å². The summed E-state index contributed by atoms with van der Waals surface area (Å²) in [5.74, 6) is 0. The second kappa shape index (κ2) is 5.67. The number of aromatic amines is 1. The number of carbonyl (C=O) groups excluding carboxylic acids is 1. The van der Waals surface area contributed by atoms with Crippen LogP contribution in [0.15, 0.2) is 18.2 Å². The lowest BCUT2D eigenvalue weighted by atomic mass is 9.90. The number of ether oxygens (including phenoxy) is 1. The minimum Gasteiger partial charge on any atom is -0.438 e. The van der Waals surface area contributed by atoms with Crippen molar-refractivity contribution in [3.8, 4) is 0 Å². The van der Waals surface area contributed by atoms with Crippen molar-refractivity contribution >= 4 is 28.6 Å². The van der Waals surface area contributed by atoms with Gasteiger partial charge in [-0.25, -0.2) is 4.79 Å². The molecule has 1 aliphatic rings. The van der Waals surface area contributed by atoms with E-state index in [4.69, 9.17) is 16.3 Å². The van der Waals surface area contributed by atoms with Crippen molar-refractivity contribution in [2.45, 2.75) is 51.9 Å². The first-order valence-electron chi connectivity index (χ1n) is 8.19. The monoisotopic (exact) mass is 350 g/mol. The van der Waals surface area contributed by atoms with Crippen molar-refractivity contribution in [3.63, 3.8) is 0 Å². The number of hydrogen-bond acceptors (Lipinski definition) is 3. The fourth-order valence-electron chi connectivity index (χ4n) is 3.42. The van der Waals surface area contributed by atoms with Crippen LogP contribution in [0.4, 0.5) is 4.79 Å². The molecule has 130 valence electrons. The lowest BCUT2D eigenvalue weighted by molar-refractivity contribution is -0.137. The number of amides is 1. The molecule has 0 spiro atoms. The maximum atomic E-state index is 12.2. The van der Waals surface area contributed by atoms with Crippen LogP contribution in [0.25, 0.3) is 10.9 Å². The zero-order chi connectivity index (χ0) is 17.7. The minimum absolute atomic E-state index is 0.377. The second-order valence-corrected chi connectivity index (χ2v) is 7.23. The van der Waals surface area contributed by atoms with E-state index in [0.29, 0.717) is 24.4 Å². The minimum atomic E-state index is -1.34. The summed E-state index contributed by atoms with van der Waals surface area (Å²) < 4.78 is 5.44. The molecule has 0 unspecified atom stereocenters. The number of halogens is 1. The second-order valence-electron chi connectivity index (χ2n) is 6.79. The molecule has 2 aromatic rings. The number of fused-ring (bicyclic) bond motifs is 1. The van der Waals surface area contributed by atoms with Gasteiger partial charge in [0, 0.05) is 28.2 Å². The predicted molar refractivity (Wildman–Crippen MR) is 94.3 cm³/mol. The Balaban J connectivity index is 1.88. The van der Waals surface area contributed by atoms with Gasteiger partial charge in [-0.05, 0) is 57.4 Å². The van der Waals surface area contributed by atoms with Crippen molar-refractivity contribution in [3.05, 3.63) is 34.5 Å². The van der Waals surface area contributed by atoms with Crippen LogP contribution in [0.5, 0.6) is 0 Å². The Morgan fingerprint density at radius 2 is 2.08 bits per heavy atom. The molecule has 3 rings (SSSR count). The number of aromatic nitrogens is 1. The number of benzene rings is 1. The van der Waals surface area contributed by atoms with Gasteiger partial charge in [-0.3, -0.25) is 4.90 Å². The van der Waals surface area contributed by atoms with E-state index < -0.39 is 17.4 Å². The van der Waals surface area contributed by atoms with Crippen LogP contribution >= 0.6 is 11.6 Å². The third-order valence-electron chi connectivity index (χ3n) is 5.40. The van der Waals surface area contributed by atoms with E-state index in [1.165, 1.54) is 4.90 Å². The molecule has 1 saturated heterocycles. The molecule has 1 amide bonds. The number of nitrogens with one attached hydrogen (secondary N) is 1. The number of hydrogen-bond donors (Lipinski definition) is 2. The molecule has 1 aliphatic heterocycles. The third kappa shape index (κ3) is 2.47. The highest BCUT2D eigenvalue weighted by Gasteiger charge is 2.58. The van der Waals surface area contributed by atoms with Crippen LogP contribution in [0, 0.1) is 6.92 Å². The van der Waals surface area contributed by atoms with Crippen LogP contribution in [0.2, 0.25) is 5.02 Å². The fraction of sp³-hybridized carbons (Fsp3) is 0.500. The number of H-pyrrole nitrogens is 1. The summed E-state index contributed by atoms with van der Waals surface area (Å²) in [4.78, 5) is 17.0. The molecule has 2 N–H and O–H groups in total. The average molecular weight is 351 g/mol. The van der Waals surface area contributed by atoms with E-state index in [2.05, 4.69) is 4.98 Å². The molecular weight excluding hydrogens is 328 g/mol. The van der Waals surface area contributed by atoms with E-state index in [1.807, 2.05) is 32.0 Å². The van der Waals surface area contributed by atoms with Gasteiger partial charge in [-0.15, -0.1) is 0 Å². The van der Waals surface area contributed by atoms with Gasteiger partial charge in [0.25, 0.3) is 0 Å². The average Bonchev–Trinajstić information content (AvgIpc) is 2.90. The molecule has 5 nitrogen and oxygen atoms in total. The number of cyclic esters (lactones) is 1. The van der Waals surface area contributed by atoms with Crippen LogP contribution in [0.1, 0.15) is 38.4 Å². The van der Waals surface area contributed by atoms with Crippen LogP contribution in [-0.2, 0) is 11.2 Å². The van der Waals surface area contributed by atoms with Gasteiger partial charge < -0.3 is 14.8 Å². The SMILES string of the molecule is CC[C@]1(C)OC(=O)N(CCc2c(C)[nH]c3ccc(Cl)cc23)[C@]1(C)O. The Labute approximate surface area is 146 Å². The zero-order valence-electron chi connectivity index (χ0n) is 14.4. The van der Waals surface area contributed by atoms with Gasteiger partial charge in [0.2, 0.25) is 0 Å². The van der Waals surface area contributed by atoms with Gasteiger partial charge in [-0.1, -0.05) is 18.5 Å². The Kier molecular flexibility index (Phi) is 4.04. The summed E-state index contributed by atoms with van der Waals surface area (Å²) in [5.41, 5.74) is 0.916. The summed E-state index contributed by atoms with van der Waals surface area (Å²) in [5, 5.41) is 12.6. The Morgan fingerprint density at radius 1 is 1.38 bits per heavy atom. The number of aliphatic hydroxyl groups is 1. The summed E-state index contributed by atoms with van der Waals surface area (Å²) in [7, 11) is 0. The fourth-order valence-corrected chi connectivity index (χ4v) is 3.60. The number of nitrogens with zero attached hydrogens (tertiary/aromatic N) is 1. The number of aryl methyl sites for hydroxylation is 1. The summed E-state index contributed by atoms with van der Waals surface area (Å²) >= 11 is 6.11. The number of carbonyl (C=O) groups is 1. The third-order valence-corrected chi connectivity index (χ3v) is 5.64. The molecule has 1 aromatic heterocycles. The summed E-state index contributed by atoms with van der Waals surface area (Å²) in [6, 6.07) is 5.72. The highest BCUT2D eigenvalue weighted by atomic mass is 35.5. The van der Waals surface area contributed by atoms with Crippen molar-refractivity contribution < 1.29 is 14.6 Å². The standard InChI is InChI=1S/C18H23ClN2O3/c1-5-17(3)18(4,23)21(16(22)24-17)9-8-13-11(2)20-15-7-6-12(19)10-14(13)15/h6-7,10,20,23H,5,8-9H2,1-4H3/t17-,18+/m0/s1. The molecule has 0 bridgehead atoms. The number of rotatable bonds is 4. The molecule has 0 radical (unpaired) electrons. The highest BCUT2D eigenvalue weighted by Crippen LogP contribution is 2.39. The highest BCUT2D eigenvalue weighted by molar-refractivity contribution is 6.31. The largest absolute Gasteiger partial charge is 0.438 e. The lowest BCUT2D eigenvalue weighted by Crippen LogP contribution is -2.55. The predicted octanol–water partition coefficient (Wildman–Crippen LogP) is 4.00. The first-order chi connectivity index (χ1) is 11.2. The van der Waals surface area contributed by atoms with Crippen molar-refractivity contribution in [2.24, 2.45) is 0 Å². The molecule has 2 heterocycles. The molecule has 0 saturated carbocycles. The van der Waals surface area contributed by atoms with Crippen molar-refractivity contribution in [2.75, 3.05) is 6.54 Å². The Morgan fingerprint density at radius 3 is 2.71 bits per heavy atom. The first kappa shape index (κ1) is 17.1. The molecule has 2 atom stereocenters. The van der Waals surface area contributed by atoms with Gasteiger partial charge in [0.15, 0.2) is 11.3 Å². The Bertz CT molecular complexity index is 799. The lowest BCUT2D eigenvalue weighted by Gasteiger charge is -2.36. The van der Waals surface area contributed by atoms with E-state index in [1.54, 1.807) is 13.8 Å². The Hall–Kier alpha value is -1.72.